The van der Waals surface area contributed by atoms with Crippen LogP contribution in [0.3, 0.4) is 0 Å². The van der Waals surface area contributed by atoms with Crippen molar-refractivity contribution < 1.29 is 14.6 Å². The number of hydrogen-bond donors (Lipinski definition) is 1. The highest BCUT2D eigenvalue weighted by Gasteiger charge is 2.13. The summed E-state index contributed by atoms with van der Waals surface area (Å²) in [5.41, 5.74) is 1.66. The van der Waals surface area contributed by atoms with Crippen molar-refractivity contribution in [3.8, 4) is 22.9 Å². The number of carboxylic acids is 1. The molecule has 0 fully saturated rings. The van der Waals surface area contributed by atoms with Crippen LogP contribution in [0.4, 0.5) is 0 Å². The lowest BCUT2D eigenvalue weighted by atomic mass is 10.00. The molecule has 2 rings (SSSR count). The summed E-state index contributed by atoms with van der Waals surface area (Å²) < 4.78 is 5.24. The SMILES string of the molecule is COc1ccc(C#N)cc1-c1cc(C(=O)O)ccc1Cl. The Morgan fingerprint density at radius 2 is 2.00 bits per heavy atom. The molecule has 0 bridgehead atoms. The molecule has 0 aliphatic carbocycles. The fourth-order valence-electron chi connectivity index (χ4n) is 1.85. The highest BCUT2D eigenvalue weighted by atomic mass is 35.5. The van der Waals surface area contributed by atoms with Crippen LogP contribution in [0.25, 0.3) is 11.1 Å². The molecule has 0 saturated heterocycles. The van der Waals surface area contributed by atoms with Crippen molar-refractivity contribution in [1.29, 1.82) is 5.26 Å². The van der Waals surface area contributed by atoms with E-state index in [1.807, 2.05) is 6.07 Å². The largest absolute Gasteiger partial charge is 0.496 e. The molecule has 0 saturated carbocycles. The topological polar surface area (TPSA) is 70.3 Å². The quantitative estimate of drug-likeness (QED) is 0.936. The van der Waals surface area contributed by atoms with Gasteiger partial charge in [0.25, 0.3) is 0 Å². The fraction of sp³-hybridized carbons (Fsp3) is 0.0667. The van der Waals surface area contributed by atoms with Gasteiger partial charge in [-0.1, -0.05) is 11.6 Å². The van der Waals surface area contributed by atoms with Crippen molar-refractivity contribution in [3.63, 3.8) is 0 Å². The van der Waals surface area contributed by atoms with E-state index in [2.05, 4.69) is 0 Å². The van der Waals surface area contributed by atoms with Gasteiger partial charge in [-0.3, -0.25) is 0 Å². The number of rotatable bonds is 3. The average molecular weight is 288 g/mol. The predicted octanol–water partition coefficient (Wildman–Crippen LogP) is 3.59. The average Bonchev–Trinajstić information content (AvgIpc) is 2.46. The molecule has 0 radical (unpaired) electrons. The van der Waals surface area contributed by atoms with E-state index in [-0.39, 0.29) is 5.56 Å². The summed E-state index contributed by atoms with van der Waals surface area (Å²) in [6, 6.07) is 11.3. The van der Waals surface area contributed by atoms with Gasteiger partial charge in [-0.25, -0.2) is 4.79 Å². The van der Waals surface area contributed by atoms with Crippen LogP contribution in [0.2, 0.25) is 5.02 Å². The van der Waals surface area contributed by atoms with E-state index in [1.54, 1.807) is 18.2 Å². The van der Waals surface area contributed by atoms with E-state index in [1.165, 1.54) is 25.3 Å². The molecule has 0 amide bonds. The van der Waals surface area contributed by atoms with Gasteiger partial charge < -0.3 is 9.84 Å². The van der Waals surface area contributed by atoms with Gasteiger partial charge in [-0.15, -0.1) is 0 Å². The van der Waals surface area contributed by atoms with Crippen LogP contribution in [0.1, 0.15) is 15.9 Å². The standard InChI is InChI=1S/C15H10ClNO3/c1-20-14-5-2-9(8-17)6-12(14)11-7-10(15(18)19)3-4-13(11)16/h2-7H,1H3,(H,18,19). The lowest BCUT2D eigenvalue weighted by molar-refractivity contribution is 0.0697. The second-order valence-electron chi connectivity index (χ2n) is 4.03. The zero-order valence-electron chi connectivity index (χ0n) is 10.6. The minimum Gasteiger partial charge on any atom is -0.496 e. The van der Waals surface area contributed by atoms with Crippen LogP contribution in [-0.4, -0.2) is 18.2 Å². The molecule has 1 N–H and O–H groups in total. The highest BCUT2D eigenvalue weighted by Crippen LogP contribution is 2.36. The first-order valence-corrected chi connectivity index (χ1v) is 6.06. The number of carbonyl (C=O) groups is 1. The minimum absolute atomic E-state index is 0.119. The highest BCUT2D eigenvalue weighted by molar-refractivity contribution is 6.33. The molecular weight excluding hydrogens is 278 g/mol. The number of aromatic carboxylic acids is 1. The summed E-state index contributed by atoms with van der Waals surface area (Å²) in [4.78, 5) is 11.0. The number of hydrogen-bond acceptors (Lipinski definition) is 3. The Labute approximate surface area is 120 Å². The van der Waals surface area contributed by atoms with Crippen LogP contribution in [0.15, 0.2) is 36.4 Å². The van der Waals surface area contributed by atoms with Crippen LogP contribution in [0, 0.1) is 11.3 Å². The van der Waals surface area contributed by atoms with E-state index < -0.39 is 5.97 Å². The number of nitriles is 1. The van der Waals surface area contributed by atoms with E-state index >= 15 is 0 Å². The lowest BCUT2D eigenvalue weighted by Crippen LogP contribution is -1.97. The third-order valence-corrected chi connectivity index (χ3v) is 3.16. The van der Waals surface area contributed by atoms with Crippen molar-refractivity contribution in [1.82, 2.24) is 0 Å². The molecule has 5 heteroatoms. The third-order valence-electron chi connectivity index (χ3n) is 2.83. The van der Waals surface area contributed by atoms with Gasteiger partial charge >= 0.3 is 5.97 Å². The Morgan fingerprint density at radius 1 is 1.25 bits per heavy atom. The zero-order valence-corrected chi connectivity index (χ0v) is 11.3. The van der Waals surface area contributed by atoms with E-state index in [9.17, 15) is 4.79 Å². The van der Waals surface area contributed by atoms with Gasteiger partial charge in [0.1, 0.15) is 5.75 Å². The molecular formula is C15H10ClNO3. The van der Waals surface area contributed by atoms with Crippen LogP contribution in [-0.2, 0) is 0 Å². The molecule has 0 atom stereocenters. The van der Waals surface area contributed by atoms with E-state index in [4.69, 9.17) is 26.7 Å². The fourth-order valence-corrected chi connectivity index (χ4v) is 2.07. The second-order valence-corrected chi connectivity index (χ2v) is 4.43. The maximum absolute atomic E-state index is 11.0. The molecule has 0 aliphatic heterocycles. The lowest BCUT2D eigenvalue weighted by Gasteiger charge is -2.11. The Morgan fingerprint density at radius 3 is 2.60 bits per heavy atom. The smallest absolute Gasteiger partial charge is 0.335 e. The summed E-state index contributed by atoms with van der Waals surface area (Å²) in [7, 11) is 1.50. The van der Waals surface area contributed by atoms with Crippen molar-refractivity contribution in [2.24, 2.45) is 0 Å². The van der Waals surface area contributed by atoms with Crippen molar-refractivity contribution in [2.45, 2.75) is 0 Å². The number of carboxylic acid groups (broad SMARTS) is 1. The van der Waals surface area contributed by atoms with Crippen LogP contribution in [0.5, 0.6) is 5.75 Å². The van der Waals surface area contributed by atoms with Gasteiger partial charge in [0.05, 0.1) is 24.3 Å². The molecule has 2 aromatic rings. The van der Waals surface area contributed by atoms with Crippen LogP contribution >= 0.6 is 11.6 Å². The van der Waals surface area contributed by atoms with Gasteiger partial charge in [0, 0.05) is 16.1 Å². The summed E-state index contributed by atoms with van der Waals surface area (Å²) >= 11 is 6.13. The Bertz CT molecular complexity index is 720. The number of nitrogens with zero attached hydrogens (tertiary/aromatic N) is 1. The zero-order chi connectivity index (χ0) is 14.7. The number of benzene rings is 2. The van der Waals surface area contributed by atoms with Crippen molar-refractivity contribution in [2.75, 3.05) is 7.11 Å². The molecule has 0 spiro atoms. The molecule has 0 aliphatic rings. The first-order valence-electron chi connectivity index (χ1n) is 5.68. The molecule has 4 nitrogen and oxygen atoms in total. The Kier molecular flexibility index (Phi) is 3.92. The Balaban J connectivity index is 2.69. The molecule has 2 aromatic carbocycles. The molecule has 0 heterocycles. The monoisotopic (exact) mass is 287 g/mol. The maximum atomic E-state index is 11.0. The second kappa shape index (κ2) is 5.64. The van der Waals surface area contributed by atoms with Gasteiger partial charge in [-0.05, 0) is 36.4 Å². The van der Waals surface area contributed by atoms with Crippen LogP contribution < -0.4 is 4.74 Å². The predicted molar refractivity (Wildman–Crippen MR) is 75.1 cm³/mol. The molecule has 100 valence electrons. The van der Waals surface area contributed by atoms with Crippen molar-refractivity contribution >= 4 is 17.6 Å². The van der Waals surface area contributed by atoms with Gasteiger partial charge in [0.2, 0.25) is 0 Å². The minimum atomic E-state index is -1.04. The van der Waals surface area contributed by atoms with E-state index in [0.29, 0.717) is 27.5 Å². The summed E-state index contributed by atoms with van der Waals surface area (Å²) in [6.45, 7) is 0. The number of ether oxygens (including phenoxy) is 1. The molecule has 0 unspecified atom stereocenters. The summed E-state index contributed by atoms with van der Waals surface area (Å²) in [5, 5.41) is 18.4. The van der Waals surface area contributed by atoms with E-state index in [0.717, 1.165) is 0 Å². The molecule has 20 heavy (non-hydrogen) atoms. The Hall–Kier alpha value is -2.51. The molecule has 0 aromatic heterocycles. The van der Waals surface area contributed by atoms with Crippen molar-refractivity contribution in [3.05, 3.63) is 52.5 Å². The summed E-state index contributed by atoms with van der Waals surface area (Å²) in [6.07, 6.45) is 0. The number of methoxy groups -OCH3 is 1. The summed E-state index contributed by atoms with van der Waals surface area (Å²) in [5.74, 6) is -0.522. The third kappa shape index (κ3) is 2.58. The van der Waals surface area contributed by atoms with Gasteiger partial charge in [-0.2, -0.15) is 5.26 Å². The number of halogens is 1. The van der Waals surface area contributed by atoms with Gasteiger partial charge in [0.15, 0.2) is 0 Å². The first kappa shape index (κ1) is 13.9. The first-order chi connectivity index (χ1) is 9.56. The maximum Gasteiger partial charge on any atom is 0.335 e. The normalized spacial score (nSPS) is 9.85.